The van der Waals surface area contributed by atoms with Gasteiger partial charge in [-0.15, -0.1) is 0 Å². The molecule has 7 heteroatoms. The van der Waals surface area contributed by atoms with Crippen molar-refractivity contribution in [1.82, 2.24) is 25.1 Å². The van der Waals surface area contributed by atoms with Gasteiger partial charge in [0.15, 0.2) is 5.76 Å². The van der Waals surface area contributed by atoms with E-state index in [9.17, 15) is 0 Å². The van der Waals surface area contributed by atoms with E-state index in [1.165, 1.54) is 0 Å². The molecule has 0 unspecified atom stereocenters. The molecule has 4 aromatic rings. The van der Waals surface area contributed by atoms with Gasteiger partial charge in [-0.3, -0.25) is 9.97 Å². The van der Waals surface area contributed by atoms with Crippen molar-refractivity contribution in [2.75, 3.05) is 5.32 Å². The number of nitrogens with one attached hydrogen (secondary N) is 1. The van der Waals surface area contributed by atoms with Gasteiger partial charge in [-0.25, -0.2) is 9.97 Å². The van der Waals surface area contributed by atoms with Crippen molar-refractivity contribution in [2.45, 2.75) is 6.54 Å². The maximum atomic E-state index is 5.34. The van der Waals surface area contributed by atoms with Crippen LogP contribution in [0.15, 0.2) is 71.6 Å². The molecular weight excluding hydrogens is 316 g/mol. The standard InChI is InChI=1S/C18H14N6O/c1-3-8-19-14(5-1)16-7-10-21-18(23-16)22-12-13-11-17(24-25-13)15-6-2-4-9-20-15/h1-11H,12H2,(H,21,22,23). The van der Waals surface area contributed by atoms with E-state index in [4.69, 9.17) is 4.52 Å². The van der Waals surface area contributed by atoms with Crippen LogP contribution >= 0.6 is 0 Å². The summed E-state index contributed by atoms with van der Waals surface area (Å²) in [5.41, 5.74) is 3.02. The van der Waals surface area contributed by atoms with E-state index in [2.05, 4.69) is 30.4 Å². The Hall–Kier alpha value is -3.61. The van der Waals surface area contributed by atoms with Crippen molar-refractivity contribution in [3.05, 3.63) is 72.9 Å². The zero-order chi connectivity index (χ0) is 16.9. The highest BCUT2D eigenvalue weighted by molar-refractivity contribution is 5.55. The Morgan fingerprint density at radius 3 is 2.24 bits per heavy atom. The lowest BCUT2D eigenvalue weighted by atomic mass is 10.2. The number of hydrogen-bond donors (Lipinski definition) is 1. The highest BCUT2D eigenvalue weighted by Gasteiger charge is 2.08. The highest BCUT2D eigenvalue weighted by Crippen LogP contribution is 2.17. The minimum Gasteiger partial charge on any atom is -0.359 e. The Balaban J connectivity index is 1.46. The summed E-state index contributed by atoms with van der Waals surface area (Å²) in [6.07, 6.45) is 5.15. The first-order valence-corrected chi connectivity index (χ1v) is 7.74. The van der Waals surface area contributed by atoms with Gasteiger partial charge in [0.25, 0.3) is 0 Å². The Morgan fingerprint density at radius 2 is 1.52 bits per heavy atom. The molecule has 1 N–H and O–H groups in total. The van der Waals surface area contributed by atoms with Crippen LogP contribution in [0.3, 0.4) is 0 Å². The number of hydrogen-bond acceptors (Lipinski definition) is 7. The zero-order valence-corrected chi connectivity index (χ0v) is 13.2. The largest absolute Gasteiger partial charge is 0.359 e. The fourth-order valence-electron chi connectivity index (χ4n) is 2.30. The van der Waals surface area contributed by atoms with Crippen molar-refractivity contribution in [3.8, 4) is 22.8 Å². The summed E-state index contributed by atoms with van der Waals surface area (Å²) in [5, 5.41) is 7.17. The Kier molecular flexibility index (Phi) is 4.11. The molecule has 122 valence electrons. The van der Waals surface area contributed by atoms with Crippen molar-refractivity contribution >= 4 is 5.95 Å². The molecule has 4 rings (SSSR count). The van der Waals surface area contributed by atoms with Gasteiger partial charge in [-0.05, 0) is 30.3 Å². The van der Waals surface area contributed by atoms with E-state index in [-0.39, 0.29) is 0 Å². The molecular formula is C18H14N6O. The molecule has 0 aliphatic heterocycles. The lowest BCUT2D eigenvalue weighted by Crippen LogP contribution is -2.03. The second-order valence-corrected chi connectivity index (χ2v) is 5.23. The summed E-state index contributed by atoms with van der Waals surface area (Å²) in [6, 6.07) is 15.0. The molecule has 0 atom stereocenters. The SMILES string of the molecule is c1ccc(-c2cc(CNc3nccc(-c4ccccn4)n3)on2)nc1. The molecule has 0 aliphatic rings. The van der Waals surface area contributed by atoms with Crippen LogP contribution in [0.5, 0.6) is 0 Å². The predicted molar refractivity (Wildman–Crippen MR) is 92.3 cm³/mol. The van der Waals surface area contributed by atoms with E-state index in [0.717, 1.165) is 17.1 Å². The summed E-state index contributed by atoms with van der Waals surface area (Å²) < 4.78 is 5.34. The van der Waals surface area contributed by atoms with Crippen LogP contribution in [-0.2, 0) is 6.54 Å². The first kappa shape index (κ1) is 14.9. The number of anilines is 1. The van der Waals surface area contributed by atoms with Gasteiger partial charge >= 0.3 is 0 Å². The smallest absolute Gasteiger partial charge is 0.223 e. The summed E-state index contributed by atoms with van der Waals surface area (Å²) in [4.78, 5) is 17.2. The van der Waals surface area contributed by atoms with Crippen molar-refractivity contribution in [1.29, 1.82) is 0 Å². The van der Waals surface area contributed by atoms with Crippen LogP contribution in [0.4, 0.5) is 5.95 Å². The van der Waals surface area contributed by atoms with Gasteiger partial charge in [-0.2, -0.15) is 0 Å². The fourth-order valence-corrected chi connectivity index (χ4v) is 2.30. The third kappa shape index (κ3) is 3.50. The van der Waals surface area contributed by atoms with E-state index < -0.39 is 0 Å². The molecule has 0 saturated carbocycles. The first-order valence-electron chi connectivity index (χ1n) is 7.74. The average molecular weight is 330 g/mol. The van der Waals surface area contributed by atoms with Crippen LogP contribution in [0.1, 0.15) is 5.76 Å². The molecule has 0 fully saturated rings. The van der Waals surface area contributed by atoms with Crippen LogP contribution in [0.25, 0.3) is 22.8 Å². The van der Waals surface area contributed by atoms with Crippen molar-refractivity contribution in [3.63, 3.8) is 0 Å². The average Bonchev–Trinajstić information content (AvgIpc) is 3.17. The zero-order valence-electron chi connectivity index (χ0n) is 13.2. The fraction of sp³-hybridized carbons (Fsp3) is 0.0556. The van der Waals surface area contributed by atoms with Crippen molar-refractivity contribution in [2.24, 2.45) is 0 Å². The maximum absolute atomic E-state index is 5.34. The summed E-state index contributed by atoms with van der Waals surface area (Å²) in [6.45, 7) is 0.422. The molecule has 25 heavy (non-hydrogen) atoms. The second kappa shape index (κ2) is 6.88. The van der Waals surface area contributed by atoms with Gasteiger partial charge in [-0.1, -0.05) is 17.3 Å². The lowest BCUT2D eigenvalue weighted by Gasteiger charge is -2.04. The minimum absolute atomic E-state index is 0.422. The molecule has 0 radical (unpaired) electrons. The molecule has 0 aromatic carbocycles. The number of rotatable bonds is 5. The monoisotopic (exact) mass is 330 g/mol. The van der Waals surface area contributed by atoms with Gasteiger partial charge in [0.2, 0.25) is 5.95 Å². The van der Waals surface area contributed by atoms with Gasteiger partial charge < -0.3 is 9.84 Å². The van der Waals surface area contributed by atoms with Crippen molar-refractivity contribution < 1.29 is 4.52 Å². The molecule has 0 amide bonds. The Labute approximate surface area is 143 Å². The van der Waals surface area contributed by atoms with Gasteiger partial charge in [0, 0.05) is 24.7 Å². The van der Waals surface area contributed by atoms with Gasteiger partial charge in [0.05, 0.1) is 23.6 Å². The van der Waals surface area contributed by atoms with E-state index >= 15 is 0 Å². The second-order valence-electron chi connectivity index (χ2n) is 5.23. The minimum atomic E-state index is 0.422. The normalized spacial score (nSPS) is 10.6. The Morgan fingerprint density at radius 1 is 0.760 bits per heavy atom. The quantitative estimate of drug-likeness (QED) is 0.601. The van der Waals surface area contributed by atoms with E-state index in [1.54, 1.807) is 18.6 Å². The third-order valence-corrected chi connectivity index (χ3v) is 3.49. The third-order valence-electron chi connectivity index (χ3n) is 3.49. The predicted octanol–water partition coefficient (Wildman–Crippen LogP) is 3.20. The lowest BCUT2D eigenvalue weighted by molar-refractivity contribution is 0.389. The molecule has 7 nitrogen and oxygen atoms in total. The maximum Gasteiger partial charge on any atom is 0.223 e. The van der Waals surface area contributed by atoms with Gasteiger partial charge in [0.1, 0.15) is 5.69 Å². The molecule has 0 saturated heterocycles. The van der Waals surface area contributed by atoms with E-state index in [1.807, 2.05) is 48.5 Å². The number of aromatic nitrogens is 5. The molecule has 4 aromatic heterocycles. The number of pyridine rings is 2. The topological polar surface area (TPSA) is 89.6 Å². The summed E-state index contributed by atoms with van der Waals surface area (Å²) >= 11 is 0. The summed E-state index contributed by atoms with van der Waals surface area (Å²) in [5.74, 6) is 1.17. The highest BCUT2D eigenvalue weighted by atomic mass is 16.5. The number of nitrogens with zero attached hydrogens (tertiary/aromatic N) is 5. The molecule has 0 bridgehead atoms. The first-order chi connectivity index (χ1) is 12.4. The van der Waals surface area contributed by atoms with Crippen LogP contribution in [0, 0.1) is 0 Å². The molecule has 0 spiro atoms. The van der Waals surface area contributed by atoms with Crippen LogP contribution < -0.4 is 5.32 Å². The molecule has 4 heterocycles. The van der Waals surface area contributed by atoms with Crippen LogP contribution in [-0.4, -0.2) is 25.1 Å². The van der Waals surface area contributed by atoms with Crippen LogP contribution in [0.2, 0.25) is 0 Å². The summed E-state index contributed by atoms with van der Waals surface area (Å²) in [7, 11) is 0. The Bertz CT molecular complexity index is 955. The van der Waals surface area contributed by atoms with E-state index in [0.29, 0.717) is 23.9 Å². The molecule has 0 aliphatic carbocycles.